The molecule has 0 amide bonds. The van der Waals surface area contributed by atoms with Crippen LogP contribution in [0.2, 0.25) is 0 Å². The summed E-state index contributed by atoms with van der Waals surface area (Å²) in [5, 5.41) is 7.51. The van der Waals surface area contributed by atoms with E-state index in [0.29, 0.717) is 11.5 Å². The zero-order valence-electron chi connectivity index (χ0n) is 29.0. The van der Waals surface area contributed by atoms with Crippen molar-refractivity contribution in [3.8, 4) is 33.9 Å². The van der Waals surface area contributed by atoms with E-state index in [2.05, 4.69) is 127 Å². The third kappa shape index (κ3) is 4.58. The molecule has 11 rings (SSSR count). The van der Waals surface area contributed by atoms with Crippen molar-refractivity contribution in [2.24, 2.45) is 0 Å². The van der Waals surface area contributed by atoms with Crippen molar-refractivity contribution in [1.29, 1.82) is 0 Å². The Hall–Kier alpha value is -6.10. The molecule has 0 N–H and O–H groups in total. The second kappa shape index (κ2) is 11.7. The van der Waals surface area contributed by atoms with E-state index >= 15 is 0 Å². The smallest absolute Gasteiger partial charge is 0.503 e. The topological polar surface area (TPSA) is 56.7 Å². The van der Waals surface area contributed by atoms with Gasteiger partial charge in [0.25, 0.3) is 0 Å². The van der Waals surface area contributed by atoms with E-state index in [4.69, 9.17) is 19.7 Å². The standard InChI is InChI=1S/C46H29N5O.Pt/c1-26-21-27(2)41(28(3)22-26)39-25-50-44-36(13-8-19-47-44)33-16-14-30(23-38(33)45(50)49-39)52-31-15-17-34-35-11-7-12-37-42-32(29-9-5-4-6-10-29)18-20-48-46(42)51(43(35)37)40(34)24-31;/h4-22,25H,1-3H3;/q-2;+2. The fourth-order valence-electron chi connectivity index (χ4n) is 8.46. The summed E-state index contributed by atoms with van der Waals surface area (Å²) in [5.74, 6) is 1.19. The minimum Gasteiger partial charge on any atom is -0.503 e. The SMILES string of the molecule is Cc1cc(C)c(-c2cn3c(n2)c2[c-]c(Oc4[c-]c5c(cc4)c4cccc6c7c(-c8ccccc8)ccnc7n5c46)ccc2c2cccnc23)c(C)c1.[Pt+2]. The van der Waals surface area contributed by atoms with Gasteiger partial charge < -0.3 is 13.5 Å². The summed E-state index contributed by atoms with van der Waals surface area (Å²) in [6.45, 7) is 6.43. The average molecular weight is 863 g/mol. The summed E-state index contributed by atoms with van der Waals surface area (Å²) in [7, 11) is 0. The number of para-hydroxylation sites is 1. The van der Waals surface area contributed by atoms with Gasteiger partial charge in [-0.05, 0) is 65.9 Å². The maximum absolute atomic E-state index is 6.59. The molecule has 0 saturated heterocycles. The second-order valence-corrected chi connectivity index (χ2v) is 13.7. The maximum atomic E-state index is 6.59. The molecule has 6 aromatic heterocycles. The summed E-state index contributed by atoms with van der Waals surface area (Å²) >= 11 is 0. The predicted octanol–water partition coefficient (Wildman–Crippen LogP) is 11.2. The Morgan fingerprint density at radius 1 is 0.623 bits per heavy atom. The van der Waals surface area contributed by atoms with Crippen molar-refractivity contribution in [3.63, 3.8) is 0 Å². The van der Waals surface area contributed by atoms with Gasteiger partial charge in [-0.3, -0.25) is 4.98 Å². The number of hydrogen-bond donors (Lipinski definition) is 0. The normalized spacial score (nSPS) is 11.9. The first-order valence-electron chi connectivity index (χ1n) is 17.4. The Morgan fingerprint density at radius 3 is 2.19 bits per heavy atom. The Labute approximate surface area is 318 Å². The minimum atomic E-state index is 0. The molecule has 6 heterocycles. The van der Waals surface area contributed by atoms with Crippen LogP contribution in [0, 0.1) is 32.9 Å². The van der Waals surface area contributed by atoms with Crippen LogP contribution in [-0.4, -0.2) is 23.8 Å². The van der Waals surface area contributed by atoms with Crippen LogP contribution >= 0.6 is 0 Å². The Morgan fingerprint density at radius 2 is 1.36 bits per heavy atom. The van der Waals surface area contributed by atoms with Crippen molar-refractivity contribution in [2.75, 3.05) is 0 Å². The molecule has 0 fully saturated rings. The second-order valence-electron chi connectivity index (χ2n) is 13.7. The molecule has 11 aromatic rings. The number of nitrogens with zero attached hydrogens (tertiary/aromatic N) is 5. The number of fused-ring (bicyclic) bond motifs is 12. The van der Waals surface area contributed by atoms with Crippen molar-refractivity contribution in [3.05, 3.63) is 151 Å². The number of hydrogen-bond acceptors (Lipinski definition) is 4. The van der Waals surface area contributed by atoms with Gasteiger partial charge in [0.15, 0.2) is 0 Å². The maximum Gasteiger partial charge on any atom is 2.00 e. The van der Waals surface area contributed by atoms with Crippen LogP contribution in [0.4, 0.5) is 0 Å². The van der Waals surface area contributed by atoms with E-state index in [-0.39, 0.29) is 21.1 Å². The van der Waals surface area contributed by atoms with Gasteiger partial charge in [0, 0.05) is 51.9 Å². The van der Waals surface area contributed by atoms with Gasteiger partial charge in [-0.25, -0.2) is 9.97 Å². The van der Waals surface area contributed by atoms with E-state index < -0.39 is 0 Å². The van der Waals surface area contributed by atoms with E-state index in [9.17, 15) is 0 Å². The number of aryl methyl sites for hydroxylation is 3. The summed E-state index contributed by atoms with van der Waals surface area (Å²) in [6.07, 6.45) is 5.83. The molecular formula is C46H29N5OPt. The quantitative estimate of drug-likeness (QED) is 0.131. The molecule has 5 aromatic carbocycles. The fraction of sp³-hybridized carbons (Fsp3) is 0.0652. The molecule has 0 spiro atoms. The largest absolute Gasteiger partial charge is 2.00 e. The van der Waals surface area contributed by atoms with Gasteiger partial charge in [0.1, 0.15) is 11.3 Å². The third-order valence-corrected chi connectivity index (χ3v) is 10.5. The molecule has 0 atom stereocenters. The first-order chi connectivity index (χ1) is 25.5. The molecule has 0 aliphatic rings. The van der Waals surface area contributed by atoms with Crippen molar-refractivity contribution in [1.82, 2.24) is 23.8 Å². The summed E-state index contributed by atoms with van der Waals surface area (Å²) in [5.41, 5.74) is 12.6. The zero-order valence-corrected chi connectivity index (χ0v) is 31.3. The summed E-state index contributed by atoms with van der Waals surface area (Å²) < 4.78 is 10.9. The molecule has 254 valence electrons. The first kappa shape index (κ1) is 31.6. The number of rotatable bonds is 4. The Balaban J connectivity index is 0.00000349. The minimum absolute atomic E-state index is 0. The van der Waals surface area contributed by atoms with Gasteiger partial charge in [0.05, 0.1) is 11.3 Å². The monoisotopic (exact) mass is 862 g/mol. The summed E-state index contributed by atoms with van der Waals surface area (Å²) in [6, 6.07) is 43.0. The van der Waals surface area contributed by atoms with E-state index in [1.165, 1.54) is 33.0 Å². The van der Waals surface area contributed by atoms with Crippen LogP contribution in [0.5, 0.6) is 11.5 Å². The van der Waals surface area contributed by atoms with Crippen LogP contribution in [0.15, 0.2) is 122 Å². The van der Waals surface area contributed by atoms with Gasteiger partial charge in [-0.2, -0.15) is 6.07 Å². The third-order valence-electron chi connectivity index (χ3n) is 10.5. The van der Waals surface area contributed by atoms with Gasteiger partial charge in [0.2, 0.25) is 0 Å². The number of aromatic nitrogens is 5. The molecular weight excluding hydrogens is 834 g/mol. The van der Waals surface area contributed by atoms with Gasteiger partial charge in [-0.15, -0.1) is 29.7 Å². The fourth-order valence-corrected chi connectivity index (χ4v) is 8.46. The van der Waals surface area contributed by atoms with Crippen LogP contribution in [0.1, 0.15) is 16.7 Å². The van der Waals surface area contributed by atoms with Crippen LogP contribution in [0.3, 0.4) is 0 Å². The van der Waals surface area contributed by atoms with E-state index in [0.717, 1.165) is 71.7 Å². The Kier molecular flexibility index (Phi) is 6.98. The molecule has 0 unspecified atom stereocenters. The molecule has 6 nitrogen and oxygen atoms in total. The van der Waals surface area contributed by atoms with Crippen molar-refractivity contribution >= 4 is 65.7 Å². The zero-order chi connectivity index (χ0) is 34.7. The number of benzene rings is 5. The van der Waals surface area contributed by atoms with Crippen LogP contribution in [-0.2, 0) is 21.1 Å². The summed E-state index contributed by atoms with van der Waals surface area (Å²) in [4.78, 5) is 14.9. The number of ether oxygens (including phenoxy) is 1. The van der Waals surface area contributed by atoms with E-state index in [1.807, 2.05) is 36.7 Å². The first-order valence-corrected chi connectivity index (χ1v) is 17.4. The van der Waals surface area contributed by atoms with Crippen molar-refractivity contribution in [2.45, 2.75) is 20.8 Å². The van der Waals surface area contributed by atoms with Gasteiger partial charge >= 0.3 is 21.1 Å². The molecule has 53 heavy (non-hydrogen) atoms. The van der Waals surface area contributed by atoms with Crippen LogP contribution < -0.4 is 4.74 Å². The molecule has 0 radical (unpaired) electrons. The number of imidazole rings is 1. The molecule has 0 saturated carbocycles. The average Bonchev–Trinajstić information content (AvgIpc) is 3.85. The van der Waals surface area contributed by atoms with Gasteiger partial charge in [-0.1, -0.05) is 94.6 Å². The van der Waals surface area contributed by atoms with Crippen molar-refractivity contribution < 1.29 is 25.8 Å². The molecule has 7 heteroatoms. The van der Waals surface area contributed by atoms with Crippen LogP contribution in [0.25, 0.3) is 88.1 Å². The molecule has 0 aliphatic carbocycles. The molecule has 0 aliphatic heterocycles. The molecule has 0 bridgehead atoms. The Bertz CT molecular complexity index is 3230. The van der Waals surface area contributed by atoms with E-state index in [1.54, 1.807) is 0 Å². The predicted molar refractivity (Wildman–Crippen MR) is 210 cm³/mol. The number of pyridine rings is 3.